The van der Waals surface area contributed by atoms with Crippen molar-refractivity contribution in [2.24, 2.45) is 5.92 Å². The standard InChI is InChI=1S/C17H23NO4/c1-17(2,3)22-16(21)18-10-9-13(15(19)20)14(11-18)12-7-5-4-6-8-12/h4-8,13-14H,9-11H2,1-3H3,(H,19,20)/t13-,14+/m1/s1. The molecule has 120 valence electrons. The van der Waals surface area contributed by atoms with Gasteiger partial charge in [-0.05, 0) is 32.8 Å². The number of hydrogen-bond acceptors (Lipinski definition) is 3. The minimum absolute atomic E-state index is 0.208. The van der Waals surface area contributed by atoms with Gasteiger partial charge in [0.15, 0.2) is 0 Å². The molecule has 2 atom stereocenters. The summed E-state index contributed by atoms with van der Waals surface area (Å²) in [5.74, 6) is -1.49. The highest BCUT2D eigenvalue weighted by molar-refractivity contribution is 5.73. The summed E-state index contributed by atoms with van der Waals surface area (Å²) >= 11 is 0. The van der Waals surface area contributed by atoms with E-state index in [2.05, 4.69) is 0 Å². The molecule has 1 aliphatic heterocycles. The Morgan fingerprint density at radius 1 is 1.23 bits per heavy atom. The average molecular weight is 305 g/mol. The van der Waals surface area contributed by atoms with Crippen molar-refractivity contribution in [3.05, 3.63) is 35.9 Å². The lowest BCUT2D eigenvalue weighted by Gasteiger charge is -2.37. The Labute approximate surface area is 130 Å². The number of carboxylic acid groups (broad SMARTS) is 1. The monoisotopic (exact) mass is 305 g/mol. The van der Waals surface area contributed by atoms with E-state index in [0.717, 1.165) is 5.56 Å². The lowest BCUT2D eigenvalue weighted by molar-refractivity contribution is -0.144. The molecule has 1 aliphatic rings. The van der Waals surface area contributed by atoms with E-state index in [-0.39, 0.29) is 12.0 Å². The molecule has 0 aromatic heterocycles. The lowest BCUT2D eigenvalue weighted by atomic mass is 9.81. The fourth-order valence-electron chi connectivity index (χ4n) is 2.78. The van der Waals surface area contributed by atoms with Crippen molar-refractivity contribution < 1.29 is 19.4 Å². The number of likely N-dealkylation sites (tertiary alicyclic amines) is 1. The number of ether oxygens (including phenoxy) is 1. The fraction of sp³-hybridized carbons (Fsp3) is 0.529. The summed E-state index contributed by atoms with van der Waals surface area (Å²) in [6.45, 7) is 6.25. The molecule has 5 heteroatoms. The molecular weight excluding hydrogens is 282 g/mol. The molecule has 5 nitrogen and oxygen atoms in total. The molecule has 1 saturated heterocycles. The first kappa shape index (κ1) is 16.3. The summed E-state index contributed by atoms with van der Waals surface area (Å²) in [5, 5.41) is 9.45. The van der Waals surface area contributed by atoms with Gasteiger partial charge in [0.05, 0.1) is 5.92 Å². The highest BCUT2D eigenvalue weighted by atomic mass is 16.6. The van der Waals surface area contributed by atoms with Crippen LogP contribution < -0.4 is 0 Å². The van der Waals surface area contributed by atoms with Crippen LogP contribution in [0, 0.1) is 5.92 Å². The normalized spacial score (nSPS) is 22.2. The molecular formula is C17H23NO4. The maximum absolute atomic E-state index is 12.2. The van der Waals surface area contributed by atoms with Crippen molar-refractivity contribution >= 4 is 12.1 Å². The van der Waals surface area contributed by atoms with Gasteiger partial charge >= 0.3 is 12.1 Å². The molecule has 2 rings (SSSR count). The van der Waals surface area contributed by atoms with Crippen LogP contribution in [0.4, 0.5) is 4.79 Å². The molecule has 0 radical (unpaired) electrons. The van der Waals surface area contributed by atoms with Gasteiger partial charge in [-0.1, -0.05) is 30.3 Å². The van der Waals surface area contributed by atoms with Crippen LogP contribution in [-0.2, 0) is 9.53 Å². The topological polar surface area (TPSA) is 66.8 Å². The van der Waals surface area contributed by atoms with E-state index in [0.29, 0.717) is 19.5 Å². The number of carbonyl (C=O) groups excluding carboxylic acids is 1. The molecule has 0 saturated carbocycles. The summed E-state index contributed by atoms with van der Waals surface area (Å²) in [6, 6.07) is 9.51. The van der Waals surface area contributed by atoms with Crippen LogP contribution >= 0.6 is 0 Å². The number of aliphatic carboxylic acids is 1. The zero-order valence-corrected chi connectivity index (χ0v) is 13.3. The molecule has 0 unspecified atom stereocenters. The number of carboxylic acids is 1. The third kappa shape index (κ3) is 4.00. The van der Waals surface area contributed by atoms with Crippen LogP contribution in [-0.4, -0.2) is 40.8 Å². The van der Waals surface area contributed by atoms with Crippen LogP contribution in [0.3, 0.4) is 0 Å². The quantitative estimate of drug-likeness (QED) is 0.911. The Bertz CT molecular complexity index is 535. The number of nitrogens with zero attached hydrogens (tertiary/aromatic N) is 1. The molecule has 1 fully saturated rings. The summed E-state index contributed by atoms with van der Waals surface area (Å²) in [6.07, 6.45) is 0.0611. The molecule has 1 aromatic rings. The highest BCUT2D eigenvalue weighted by Crippen LogP contribution is 2.33. The Morgan fingerprint density at radius 3 is 2.41 bits per heavy atom. The van der Waals surface area contributed by atoms with E-state index in [1.165, 1.54) is 0 Å². The van der Waals surface area contributed by atoms with Crippen LogP contribution in [0.25, 0.3) is 0 Å². The zero-order valence-electron chi connectivity index (χ0n) is 13.3. The lowest BCUT2D eigenvalue weighted by Crippen LogP contribution is -2.46. The van der Waals surface area contributed by atoms with E-state index in [4.69, 9.17) is 4.74 Å². The van der Waals surface area contributed by atoms with Crippen molar-refractivity contribution in [3.63, 3.8) is 0 Å². The van der Waals surface area contributed by atoms with Gasteiger partial charge < -0.3 is 14.7 Å². The number of rotatable bonds is 2. The Hall–Kier alpha value is -2.04. The predicted molar refractivity (Wildman–Crippen MR) is 82.7 cm³/mol. The molecule has 1 heterocycles. The van der Waals surface area contributed by atoms with Crippen LogP contribution in [0.1, 0.15) is 38.7 Å². The third-order valence-corrected chi connectivity index (χ3v) is 3.81. The van der Waals surface area contributed by atoms with Crippen molar-refractivity contribution in [1.82, 2.24) is 4.90 Å². The van der Waals surface area contributed by atoms with Gasteiger partial charge in [-0.2, -0.15) is 0 Å². The van der Waals surface area contributed by atoms with E-state index < -0.39 is 17.5 Å². The molecule has 1 aromatic carbocycles. The van der Waals surface area contributed by atoms with Gasteiger partial charge in [0.2, 0.25) is 0 Å². The van der Waals surface area contributed by atoms with Gasteiger partial charge in [-0.3, -0.25) is 4.79 Å². The number of carbonyl (C=O) groups is 2. The van der Waals surface area contributed by atoms with Crippen molar-refractivity contribution in [2.75, 3.05) is 13.1 Å². The van der Waals surface area contributed by atoms with Gasteiger partial charge in [0, 0.05) is 19.0 Å². The minimum atomic E-state index is -0.808. The first-order chi connectivity index (χ1) is 10.3. The largest absolute Gasteiger partial charge is 0.481 e. The Morgan fingerprint density at radius 2 is 1.86 bits per heavy atom. The van der Waals surface area contributed by atoms with E-state index in [9.17, 15) is 14.7 Å². The van der Waals surface area contributed by atoms with Crippen LogP contribution in [0.5, 0.6) is 0 Å². The third-order valence-electron chi connectivity index (χ3n) is 3.81. The van der Waals surface area contributed by atoms with Crippen molar-refractivity contribution in [1.29, 1.82) is 0 Å². The predicted octanol–water partition coefficient (Wildman–Crippen LogP) is 3.11. The summed E-state index contributed by atoms with van der Waals surface area (Å²) < 4.78 is 5.40. The van der Waals surface area contributed by atoms with Gasteiger partial charge in [0.25, 0.3) is 0 Å². The SMILES string of the molecule is CC(C)(C)OC(=O)N1CC[C@@H](C(=O)O)[C@H](c2ccccc2)C1. The Kier molecular flexibility index (Phi) is 4.74. The summed E-state index contributed by atoms with van der Waals surface area (Å²) in [7, 11) is 0. The average Bonchev–Trinajstić information content (AvgIpc) is 2.45. The first-order valence-corrected chi connectivity index (χ1v) is 7.53. The second-order valence-electron chi connectivity index (χ2n) is 6.68. The van der Waals surface area contributed by atoms with E-state index in [1.807, 2.05) is 51.1 Å². The molecule has 0 spiro atoms. The molecule has 0 bridgehead atoms. The molecule has 0 aliphatic carbocycles. The van der Waals surface area contributed by atoms with Gasteiger partial charge in [0.1, 0.15) is 5.60 Å². The van der Waals surface area contributed by atoms with Crippen LogP contribution in [0.15, 0.2) is 30.3 Å². The van der Waals surface area contributed by atoms with Crippen molar-refractivity contribution in [2.45, 2.75) is 38.7 Å². The number of benzene rings is 1. The molecule has 1 N–H and O–H groups in total. The summed E-state index contributed by atoms with van der Waals surface area (Å²) in [4.78, 5) is 25.3. The van der Waals surface area contributed by atoms with Crippen molar-refractivity contribution in [3.8, 4) is 0 Å². The number of hydrogen-bond donors (Lipinski definition) is 1. The van der Waals surface area contributed by atoms with Gasteiger partial charge in [-0.15, -0.1) is 0 Å². The second-order valence-corrected chi connectivity index (χ2v) is 6.68. The zero-order chi connectivity index (χ0) is 16.3. The maximum atomic E-state index is 12.2. The number of amides is 1. The second kappa shape index (κ2) is 6.38. The van der Waals surface area contributed by atoms with E-state index in [1.54, 1.807) is 4.90 Å². The van der Waals surface area contributed by atoms with Crippen LogP contribution in [0.2, 0.25) is 0 Å². The Balaban J connectivity index is 2.17. The van der Waals surface area contributed by atoms with E-state index >= 15 is 0 Å². The smallest absolute Gasteiger partial charge is 0.410 e. The fourth-order valence-corrected chi connectivity index (χ4v) is 2.78. The number of piperidine rings is 1. The maximum Gasteiger partial charge on any atom is 0.410 e. The minimum Gasteiger partial charge on any atom is -0.481 e. The first-order valence-electron chi connectivity index (χ1n) is 7.53. The molecule has 22 heavy (non-hydrogen) atoms. The highest BCUT2D eigenvalue weighted by Gasteiger charge is 2.37. The molecule has 1 amide bonds. The van der Waals surface area contributed by atoms with Gasteiger partial charge in [-0.25, -0.2) is 4.79 Å². The summed E-state index contributed by atoms with van der Waals surface area (Å²) in [5.41, 5.74) is 0.395.